The second-order valence-corrected chi connectivity index (χ2v) is 15.4. The van der Waals surface area contributed by atoms with Crippen LogP contribution in [0.2, 0.25) is 0 Å². The van der Waals surface area contributed by atoms with E-state index in [1.807, 2.05) is 60.6 Å². The summed E-state index contributed by atoms with van der Waals surface area (Å²) in [6.07, 6.45) is 8.02. The van der Waals surface area contributed by atoms with E-state index in [0.717, 1.165) is 63.3 Å². The largest absolute Gasteiger partial charge is 0.494 e. The first-order valence-corrected chi connectivity index (χ1v) is 18.2. The van der Waals surface area contributed by atoms with Crippen LogP contribution in [0, 0.1) is 23.2 Å². The van der Waals surface area contributed by atoms with Crippen molar-refractivity contribution in [2.24, 2.45) is 23.2 Å². The zero-order valence-corrected chi connectivity index (χ0v) is 30.4. The number of Topliss-reactive ketones (excluding diaryl/α,β-unsaturated/α-hetero) is 1. The molecule has 1 aliphatic carbocycles. The molecular formula is C38H58N4O6. The summed E-state index contributed by atoms with van der Waals surface area (Å²) in [5, 5.41) is 2.94. The van der Waals surface area contributed by atoms with Crippen molar-refractivity contribution in [1.82, 2.24) is 20.2 Å². The van der Waals surface area contributed by atoms with Crippen molar-refractivity contribution in [1.29, 1.82) is 0 Å². The summed E-state index contributed by atoms with van der Waals surface area (Å²) in [6.45, 7) is 16.6. The zero-order chi connectivity index (χ0) is 35.2. The summed E-state index contributed by atoms with van der Waals surface area (Å²) in [4.78, 5) is 62.6. The lowest BCUT2D eigenvalue weighted by Crippen LogP contribution is -2.58. The number of benzene rings is 1. The maximum absolute atomic E-state index is 14.0. The number of hydrogen-bond donors (Lipinski definition) is 2. The third kappa shape index (κ3) is 8.77. The number of aromatic nitrogens is 2. The smallest absolute Gasteiger partial charge is 0.408 e. The van der Waals surface area contributed by atoms with E-state index >= 15 is 0 Å². The topological polar surface area (TPSA) is 131 Å². The van der Waals surface area contributed by atoms with Gasteiger partial charge in [0.15, 0.2) is 5.78 Å². The predicted molar refractivity (Wildman–Crippen MR) is 188 cm³/mol. The van der Waals surface area contributed by atoms with E-state index in [9.17, 15) is 19.2 Å². The molecule has 2 amide bonds. The number of ether oxygens (including phenoxy) is 2. The Balaban J connectivity index is 1.32. The van der Waals surface area contributed by atoms with E-state index in [-0.39, 0.29) is 35.0 Å². The maximum atomic E-state index is 14.0. The lowest BCUT2D eigenvalue weighted by molar-refractivity contribution is -0.143. The Bertz CT molecular complexity index is 1500. The van der Waals surface area contributed by atoms with Crippen LogP contribution in [0.1, 0.15) is 119 Å². The Morgan fingerprint density at radius 3 is 2.54 bits per heavy atom. The van der Waals surface area contributed by atoms with Crippen molar-refractivity contribution in [3.05, 3.63) is 34.2 Å². The third-order valence-corrected chi connectivity index (χ3v) is 10.5. The minimum Gasteiger partial charge on any atom is -0.494 e. The Labute approximate surface area is 286 Å². The van der Waals surface area contributed by atoms with Crippen molar-refractivity contribution in [3.63, 3.8) is 0 Å². The van der Waals surface area contributed by atoms with Crippen molar-refractivity contribution in [2.45, 2.75) is 137 Å². The number of nitrogens with one attached hydrogen (secondary N) is 2. The van der Waals surface area contributed by atoms with Crippen molar-refractivity contribution >= 4 is 28.8 Å². The molecule has 10 heteroatoms. The van der Waals surface area contributed by atoms with Gasteiger partial charge in [-0.3, -0.25) is 14.4 Å². The second kappa shape index (κ2) is 15.9. The average molecular weight is 667 g/mol. The maximum Gasteiger partial charge on any atom is 0.408 e. The number of nitrogens with zero attached hydrogens (tertiary/aromatic N) is 2. The number of aryl methyl sites for hydroxylation is 1. The first-order valence-electron chi connectivity index (χ1n) is 18.2. The van der Waals surface area contributed by atoms with Gasteiger partial charge in [-0.05, 0) is 88.2 Å². The molecule has 2 aromatic rings. The molecule has 2 aliphatic rings. The third-order valence-electron chi connectivity index (χ3n) is 10.5. The number of unbranched alkanes of at least 4 members (excludes halogenated alkanes) is 2. The number of rotatable bonds is 14. The standard InChI is InChI=1S/C38H58N4O6/c1-9-25-20-22-42(31(25)32(43)24(3)4)35(45)33(37(5,6)7)41-36(46)48-38(8)21-14-16-26(38)15-12-11-13-17-29-34(44)40-30-23-27(47-10-2)18-19-28(30)39-29/h18-19,23-26,31,33H,9-17,20-22H2,1-8H3,(H,40,44)(H,41,46). The summed E-state index contributed by atoms with van der Waals surface area (Å²) >= 11 is 0. The zero-order valence-electron chi connectivity index (χ0n) is 30.4. The van der Waals surface area contributed by atoms with E-state index in [0.29, 0.717) is 36.5 Å². The Morgan fingerprint density at radius 1 is 1.12 bits per heavy atom. The molecule has 48 heavy (non-hydrogen) atoms. The molecular weight excluding hydrogens is 608 g/mol. The molecule has 266 valence electrons. The number of H-pyrrole nitrogens is 1. The first-order chi connectivity index (χ1) is 22.7. The lowest BCUT2D eigenvalue weighted by atomic mass is 9.84. The predicted octanol–water partition coefficient (Wildman–Crippen LogP) is 6.98. The van der Waals surface area contributed by atoms with Gasteiger partial charge in [-0.1, -0.05) is 60.8 Å². The van der Waals surface area contributed by atoms with Crippen LogP contribution in [0.3, 0.4) is 0 Å². The number of likely N-dealkylation sites (tertiary alicyclic amines) is 1. The molecule has 1 aliphatic heterocycles. The Hall–Kier alpha value is -3.43. The Kier molecular flexibility index (Phi) is 12.3. The summed E-state index contributed by atoms with van der Waals surface area (Å²) in [5.41, 5.74) is 0.598. The van der Waals surface area contributed by atoms with Gasteiger partial charge in [0, 0.05) is 18.5 Å². The number of carbonyl (C=O) groups excluding carboxylic acids is 3. The molecule has 5 unspecified atom stereocenters. The van der Waals surface area contributed by atoms with Crippen LogP contribution in [-0.4, -0.2) is 63.5 Å². The molecule has 0 spiro atoms. The summed E-state index contributed by atoms with van der Waals surface area (Å²) in [5.74, 6) is 0.756. The van der Waals surface area contributed by atoms with Crippen LogP contribution < -0.4 is 15.6 Å². The van der Waals surface area contributed by atoms with Gasteiger partial charge in [0.25, 0.3) is 5.56 Å². The summed E-state index contributed by atoms with van der Waals surface area (Å²) in [7, 11) is 0. The van der Waals surface area contributed by atoms with Crippen molar-refractivity contribution < 1.29 is 23.9 Å². The number of ketones is 1. The van der Waals surface area contributed by atoms with Crippen LogP contribution in [-0.2, 0) is 20.7 Å². The van der Waals surface area contributed by atoms with Crippen LogP contribution in [0.4, 0.5) is 4.79 Å². The van der Waals surface area contributed by atoms with Crippen LogP contribution in [0.5, 0.6) is 5.75 Å². The Morgan fingerprint density at radius 2 is 1.88 bits per heavy atom. The van der Waals surface area contributed by atoms with Gasteiger partial charge in [0.2, 0.25) is 5.91 Å². The fourth-order valence-electron chi connectivity index (χ4n) is 7.61. The molecule has 1 saturated carbocycles. The highest BCUT2D eigenvalue weighted by Gasteiger charge is 2.47. The van der Waals surface area contributed by atoms with E-state index in [2.05, 4.69) is 22.2 Å². The molecule has 2 N–H and O–H groups in total. The van der Waals surface area contributed by atoms with Gasteiger partial charge in [-0.15, -0.1) is 0 Å². The van der Waals surface area contributed by atoms with Gasteiger partial charge in [0.05, 0.1) is 23.7 Å². The highest BCUT2D eigenvalue weighted by Crippen LogP contribution is 2.42. The van der Waals surface area contributed by atoms with Crippen LogP contribution in [0.25, 0.3) is 11.0 Å². The molecule has 1 saturated heterocycles. The monoisotopic (exact) mass is 666 g/mol. The highest BCUT2D eigenvalue weighted by atomic mass is 16.6. The highest BCUT2D eigenvalue weighted by molar-refractivity contribution is 5.94. The molecule has 10 nitrogen and oxygen atoms in total. The molecule has 2 heterocycles. The van der Waals surface area contributed by atoms with Gasteiger partial charge in [0.1, 0.15) is 23.1 Å². The number of aromatic amines is 1. The number of carbonyl (C=O) groups is 3. The van der Waals surface area contributed by atoms with E-state index in [1.54, 1.807) is 11.0 Å². The molecule has 0 bridgehead atoms. The fraction of sp³-hybridized carbons (Fsp3) is 0.711. The van der Waals surface area contributed by atoms with Crippen molar-refractivity contribution in [3.8, 4) is 5.75 Å². The van der Waals surface area contributed by atoms with E-state index < -0.39 is 29.2 Å². The van der Waals surface area contributed by atoms with Crippen molar-refractivity contribution in [2.75, 3.05) is 13.2 Å². The molecule has 4 rings (SSSR count). The molecule has 5 atom stereocenters. The average Bonchev–Trinajstić information content (AvgIpc) is 3.61. The van der Waals surface area contributed by atoms with Gasteiger partial charge < -0.3 is 24.7 Å². The number of hydrogen-bond acceptors (Lipinski definition) is 7. The summed E-state index contributed by atoms with van der Waals surface area (Å²) < 4.78 is 11.7. The molecule has 2 fully saturated rings. The van der Waals surface area contributed by atoms with Gasteiger partial charge in [-0.2, -0.15) is 0 Å². The van der Waals surface area contributed by atoms with Crippen LogP contribution in [0.15, 0.2) is 23.0 Å². The van der Waals surface area contributed by atoms with Gasteiger partial charge in [-0.25, -0.2) is 9.78 Å². The molecule has 1 aromatic carbocycles. The minimum absolute atomic E-state index is 0.0843. The van der Waals surface area contributed by atoms with E-state index in [4.69, 9.17) is 9.47 Å². The van der Waals surface area contributed by atoms with Gasteiger partial charge >= 0.3 is 6.09 Å². The van der Waals surface area contributed by atoms with E-state index in [1.165, 1.54) is 0 Å². The lowest BCUT2D eigenvalue weighted by Gasteiger charge is -2.38. The van der Waals surface area contributed by atoms with Crippen LogP contribution >= 0.6 is 0 Å². The number of fused-ring (bicyclic) bond motifs is 1. The molecule has 0 radical (unpaired) electrons. The number of amides is 2. The summed E-state index contributed by atoms with van der Waals surface area (Å²) in [6, 6.07) is 4.27. The normalized spacial score (nSPS) is 23.4. The number of alkyl carbamates (subject to hydrolysis) is 1. The minimum atomic E-state index is -0.815. The molecule has 1 aromatic heterocycles. The second-order valence-electron chi connectivity index (χ2n) is 15.4. The first kappa shape index (κ1) is 37.4. The fourth-order valence-corrected chi connectivity index (χ4v) is 7.61. The SMILES string of the molecule is CCOc1ccc2nc(CCCCCC3CCCC3(C)OC(=O)NC(C(=O)N3CCC(CC)C3C(=O)C(C)C)C(C)(C)C)c(=O)[nH]c2c1. The quantitative estimate of drug-likeness (QED) is 0.208.